The number of ketones is 1. The Labute approximate surface area is 91.5 Å². The highest BCUT2D eigenvalue weighted by atomic mass is 16.1. The van der Waals surface area contributed by atoms with Crippen molar-refractivity contribution >= 4 is 5.78 Å². The molecule has 1 aromatic rings. The van der Waals surface area contributed by atoms with Gasteiger partial charge in [0.15, 0.2) is 5.78 Å². The van der Waals surface area contributed by atoms with Crippen molar-refractivity contribution in [3.05, 3.63) is 35.4 Å². The van der Waals surface area contributed by atoms with Crippen LogP contribution in [-0.2, 0) is 0 Å². The second-order valence-electron chi connectivity index (χ2n) is 4.81. The molecular weight excluding hydrogens is 184 g/mol. The van der Waals surface area contributed by atoms with Crippen molar-refractivity contribution in [1.29, 1.82) is 0 Å². The summed E-state index contributed by atoms with van der Waals surface area (Å²) in [6.07, 6.45) is 3.73. The molecule has 0 amide bonds. The second-order valence-corrected chi connectivity index (χ2v) is 4.81. The van der Waals surface area contributed by atoms with Crippen LogP contribution in [0.3, 0.4) is 0 Å². The molecule has 1 unspecified atom stereocenters. The van der Waals surface area contributed by atoms with Crippen LogP contribution in [0.25, 0.3) is 0 Å². The number of Topliss-reactive ketones (excluding diaryl/α,β-unsaturated/α-hetero) is 1. The predicted octanol–water partition coefficient (Wildman–Crippen LogP) is 3.61. The molecule has 1 aliphatic rings. The van der Waals surface area contributed by atoms with E-state index in [9.17, 15) is 4.79 Å². The number of benzene rings is 1. The number of carbonyl (C=O) groups is 1. The normalized spacial score (nSPS) is 17.5. The highest BCUT2D eigenvalue weighted by Gasteiger charge is 2.26. The van der Waals surface area contributed by atoms with Gasteiger partial charge in [-0.15, -0.1) is 0 Å². The van der Waals surface area contributed by atoms with Crippen LogP contribution in [0.5, 0.6) is 0 Å². The maximum atomic E-state index is 12.1. The van der Waals surface area contributed by atoms with Gasteiger partial charge in [0.1, 0.15) is 0 Å². The summed E-state index contributed by atoms with van der Waals surface area (Å²) in [7, 11) is 0. The van der Waals surface area contributed by atoms with Crippen LogP contribution in [0.1, 0.15) is 42.1 Å². The van der Waals surface area contributed by atoms with Gasteiger partial charge in [0, 0.05) is 11.5 Å². The van der Waals surface area contributed by atoms with E-state index >= 15 is 0 Å². The minimum absolute atomic E-state index is 0.194. The summed E-state index contributed by atoms with van der Waals surface area (Å²) in [5.41, 5.74) is 2.04. The van der Waals surface area contributed by atoms with Crippen molar-refractivity contribution < 1.29 is 4.79 Å². The van der Waals surface area contributed by atoms with Crippen LogP contribution >= 0.6 is 0 Å². The number of hydrogen-bond donors (Lipinski definition) is 0. The van der Waals surface area contributed by atoms with Crippen LogP contribution in [0.15, 0.2) is 24.3 Å². The predicted molar refractivity (Wildman–Crippen MR) is 62.0 cm³/mol. The van der Waals surface area contributed by atoms with Crippen LogP contribution in [0.2, 0.25) is 0 Å². The van der Waals surface area contributed by atoms with Crippen LogP contribution in [-0.4, -0.2) is 5.78 Å². The summed E-state index contributed by atoms with van der Waals surface area (Å²) < 4.78 is 0. The minimum atomic E-state index is 0.194. The molecule has 80 valence electrons. The van der Waals surface area contributed by atoms with E-state index in [2.05, 4.69) is 6.92 Å². The summed E-state index contributed by atoms with van der Waals surface area (Å²) in [4.78, 5) is 12.1. The van der Waals surface area contributed by atoms with Gasteiger partial charge in [-0.2, -0.15) is 0 Å². The summed E-state index contributed by atoms with van der Waals surface area (Å²) >= 11 is 0. The van der Waals surface area contributed by atoms with E-state index in [1.54, 1.807) is 0 Å². The van der Waals surface area contributed by atoms with E-state index in [0.717, 1.165) is 17.9 Å². The number of rotatable bonds is 4. The van der Waals surface area contributed by atoms with Crippen molar-refractivity contribution in [3.8, 4) is 0 Å². The summed E-state index contributed by atoms with van der Waals surface area (Å²) in [5.74, 6) is 1.33. The molecule has 2 rings (SSSR count). The largest absolute Gasteiger partial charge is 0.294 e. The molecule has 0 radical (unpaired) electrons. The Morgan fingerprint density at radius 1 is 1.47 bits per heavy atom. The molecule has 1 atom stereocenters. The topological polar surface area (TPSA) is 17.1 Å². The number of hydrogen-bond acceptors (Lipinski definition) is 1. The van der Waals surface area contributed by atoms with Gasteiger partial charge in [-0.05, 0) is 25.3 Å². The maximum absolute atomic E-state index is 12.1. The molecule has 0 aliphatic heterocycles. The van der Waals surface area contributed by atoms with Gasteiger partial charge >= 0.3 is 0 Å². The first-order chi connectivity index (χ1) is 7.16. The molecule has 0 bridgehead atoms. The third-order valence-electron chi connectivity index (χ3n) is 3.13. The van der Waals surface area contributed by atoms with Gasteiger partial charge in [0.25, 0.3) is 0 Å². The summed E-state index contributed by atoms with van der Waals surface area (Å²) in [5, 5.41) is 0. The zero-order chi connectivity index (χ0) is 10.8. The van der Waals surface area contributed by atoms with Crippen molar-refractivity contribution in [2.75, 3.05) is 0 Å². The van der Waals surface area contributed by atoms with E-state index in [1.165, 1.54) is 18.4 Å². The third kappa shape index (κ3) is 2.68. The van der Waals surface area contributed by atoms with E-state index < -0.39 is 0 Å². The van der Waals surface area contributed by atoms with Gasteiger partial charge in [-0.1, -0.05) is 43.5 Å². The first-order valence-electron chi connectivity index (χ1n) is 5.77. The van der Waals surface area contributed by atoms with Crippen molar-refractivity contribution in [2.45, 2.75) is 33.1 Å². The van der Waals surface area contributed by atoms with Crippen LogP contribution in [0.4, 0.5) is 0 Å². The summed E-state index contributed by atoms with van der Waals surface area (Å²) in [6, 6.07) is 7.92. The fraction of sp³-hybridized carbons (Fsp3) is 0.500. The SMILES string of the molecule is Cc1cccc(C(=O)C(C)CC2CC2)c1. The van der Waals surface area contributed by atoms with E-state index in [0.29, 0.717) is 5.78 Å². The molecular formula is C14H18O. The molecule has 0 saturated heterocycles. The fourth-order valence-electron chi connectivity index (χ4n) is 2.04. The van der Waals surface area contributed by atoms with Gasteiger partial charge in [-0.25, -0.2) is 0 Å². The molecule has 0 spiro atoms. The Kier molecular flexibility index (Phi) is 2.90. The Bertz CT molecular complexity index is 363. The Hall–Kier alpha value is -1.11. The lowest BCUT2D eigenvalue weighted by Gasteiger charge is -2.09. The molecule has 0 heterocycles. The zero-order valence-electron chi connectivity index (χ0n) is 9.49. The van der Waals surface area contributed by atoms with Crippen molar-refractivity contribution in [2.24, 2.45) is 11.8 Å². The molecule has 1 aromatic carbocycles. The molecule has 1 fully saturated rings. The van der Waals surface area contributed by atoms with Gasteiger partial charge in [0.2, 0.25) is 0 Å². The third-order valence-corrected chi connectivity index (χ3v) is 3.13. The van der Waals surface area contributed by atoms with Crippen LogP contribution < -0.4 is 0 Å². The average Bonchev–Trinajstić information content (AvgIpc) is 3.00. The van der Waals surface area contributed by atoms with Crippen molar-refractivity contribution in [3.63, 3.8) is 0 Å². The Morgan fingerprint density at radius 2 is 2.20 bits per heavy atom. The first-order valence-corrected chi connectivity index (χ1v) is 5.77. The van der Waals surface area contributed by atoms with E-state index in [1.807, 2.05) is 31.2 Å². The lowest BCUT2D eigenvalue weighted by Crippen LogP contribution is -2.12. The maximum Gasteiger partial charge on any atom is 0.165 e. The minimum Gasteiger partial charge on any atom is -0.294 e. The molecule has 1 saturated carbocycles. The number of carbonyl (C=O) groups excluding carboxylic acids is 1. The monoisotopic (exact) mass is 202 g/mol. The second kappa shape index (κ2) is 4.18. The molecule has 1 nitrogen and oxygen atoms in total. The smallest absolute Gasteiger partial charge is 0.165 e. The van der Waals surface area contributed by atoms with Crippen LogP contribution in [0, 0.1) is 18.8 Å². The Balaban J connectivity index is 2.05. The van der Waals surface area contributed by atoms with E-state index in [4.69, 9.17) is 0 Å². The molecule has 1 aliphatic carbocycles. The molecule has 0 aromatic heterocycles. The number of aryl methyl sites for hydroxylation is 1. The molecule has 0 N–H and O–H groups in total. The first kappa shape index (κ1) is 10.4. The average molecular weight is 202 g/mol. The Morgan fingerprint density at radius 3 is 2.80 bits per heavy atom. The summed E-state index contributed by atoms with van der Waals surface area (Å²) in [6.45, 7) is 4.09. The lowest BCUT2D eigenvalue weighted by molar-refractivity contribution is 0.0920. The van der Waals surface area contributed by atoms with Gasteiger partial charge in [-0.3, -0.25) is 4.79 Å². The fourth-order valence-corrected chi connectivity index (χ4v) is 2.04. The van der Waals surface area contributed by atoms with Crippen molar-refractivity contribution in [1.82, 2.24) is 0 Å². The van der Waals surface area contributed by atoms with E-state index in [-0.39, 0.29) is 5.92 Å². The highest BCUT2D eigenvalue weighted by Crippen LogP contribution is 2.36. The quantitative estimate of drug-likeness (QED) is 0.682. The molecule has 15 heavy (non-hydrogen) atoms. The van der Waals surface area contributed by atoms with Gasteiger partial charge < -0.3 is 0 Å². The molecule has 1 heteroatoms. The zero-order valence-corrected chi connectivity index (χ0v) is 9.49. The highest BCUT2D eigenvalue weighted by molar-refractivity contribution is 5.97. The van der Waals surface area contributed by atoms with Gasteiger partial charge in [0.05, 0.1) is 0 Å². The standard InChI is InChI=1S/C14H18O/c1-10-4-3-5-13(8-10)14(15)11(2)9-12-6-7-12/h3-5,8,11-12H,6-7,9H2,1-2H3. The lowest BCUT2D eigenvalue weighted by atomic mass is 9.94.